The highest BCUT2D eigenvalue weighted by atomic mass is 19.4. The van der Waals surface area contributed by atoms with E-state index in [-0.39, 0.29) is 23.7 Å². The molecule has 0 N–H and O–H groups in total. The molecule has 1 fully saturated rings. The summed E-state index contributed by atoms with van der Waals surface area (Å²) in [5, 5.41) is 1.04. The molecule has 0 saturated carbocycles. The number of nitrogens with zero attached hydrogens (tertiary/aromatic N) is 4. The summed E-state index contributed by atoms with van der Waals surface area (Å²) >= 11 is 0. The first-order chi connectivity index (χ1) is 18.8. The van der Waals surface area contributed by atoms with Crippen molar-refractivity contribution in [2.45, 2.75) is 63.9 Å². The maximum absolute atomic E-state index is 13.1. The minimum absolute atomic E-state index is 0.0579. The molecule has 2 atom stereocenters. The van der Waals surface area contributed by atoms with Crippen LogP contribution in [0.4, 0.5) is 18.0 Å². The molecule has 2 aliphatic rings. The lowest BCUT2D eigenvalue weighted by molar-refractivity contribution is -0.141. The molecule has 2 unspecified atom stereocenters. The third-order valence-electron chi connectivity index (χ3n) is 7.80. The van der Waals surface area contributed by atoms with Crippen LogP contribution in [0.25, 0.3) is 27.7 Å². The van der Waals surface area contributed by atoms with Crippen LogP contribution in [0.2, 0.25) is 0 Å². The monoisotopic (exact) mass is 550 g/mol. The summed E-state index contributed by atoms with van der Waals surface area (Å²) in [5.74, 6) is 0. The van der Waals surface area contributed by atoms with Crippen LogP contribution in [0.15, 0.2) is 59.7 Å². The Balaban J connectivity index is 1.34. The number of pyridine rings is 2. The van der Waals surface area contributed by atoms with E-state index in [2.05, 4.69) is 9.55 Å². The zero-order valence-corrected chi connectivity index (χ0v) is 22.6. The van der Waals surface area contributed by atoms with Crippen LogP contribution in [0, 0.1) is 0 Å². The molecule has 2 bridgehead atoms. The van der Waals surface area contributed by atoms with Gasteiger partial charge in [-0.25, -0.2) is 4.79 Å². The fourth-order valence-corrected chi connectivity index (χ4v) is 6.06. The number of alkyl halides is 3. The molecule has 4 aromatic rings. The number of halogens is 3. The number of amides is 1. The molecule has 2 aliphatic heterocycles. The van der Waals surface area contributed by atoms with Gasteiger partial charge in [-0.2, -0.15) is 13.2 Å². The molecule has 7 nitrogen and oxygen atoms in total. The van der Waals surface area contributed by atoms with E-state index in [1.54, 1.807) is 12.3 Å². The third-order valence-corrected chi connectivity index (χ3v) is 7.80. The van der Waals surface area contributed by atoms with Crippen LogP contribution in [0.1, 0.15) is 56.6 Å². The highest BCUT2D eigenvalue weighted by molar-refractivity contribution is 5.89. The number of ether oxygens (including phenoxy) is 1. The second-order valence-electron chi connectivity index (χ2n) is 11.5. The Morgan fingerprint density at radius 1 is 1.02 bits per heavy atom. The number of carbonyl (C=O) groups is 1. The normalized spacial score (nSPS) is 18.7. The van der Waals surface area contributed by atoms with Crippen LogP contribution < -0.4 is 5.56 Å². The van der Waals surface area contributed by atoms with E-state index in [0.29, 0.717) is 16.8 Å². The van der Waals surface area contributed by atoms with Crippen LogP contribution in [-0.2, 0) is 24.4 Å². The number of hydrogen-bond donors (Lipinski definition) is 0. The van der Waals surface area contributed by atoms with Crippen LogP contribution in [0.5, 0.6) is 0 Å². The fraction of sp³-hybridized carbons (Fsp3) is 0.367. The highest BCUT2D eigenvalue weighted by Crippen LogP contribution is 2.48. The van der Waals surface area contributed by atoms with Gasteiger partial charge in [0.1, 0.15) is 11.3 Å². The van der Waals surface area contributed by atoms with Crippen LogP contribution >= 0.6 is 0 Å². The largest absolute Gasteiger partial charge is 0.444 e. The van der Waals surface area contributed by atoms with Gasteiger partial charge in [0.15, 0.2) is 0 Å². The van der Waals surface area contributed by atoms with Crippen molar-refractivity contribution in [3.63, 3.8) is 0 Å². The summed E-state index contributed by atoms with van der Waals surface area (Å²) < 4.78 is 48.0. The van der Waals surface area contributed by atoms with Gasteiger partial charge < -0.3 is 9.30 Å². The molecule has 1 saturated heterocycles. The molecule has 40 heavy (non-hydrogen) atoms. The molecule has 1 aromatic carbocycles. The molecule has 6 rings (SSSR count). The number of aryl methyl sites for hydroxylation is 1. The van der Waals surface area contributed by atoms with E-state index in [1.165, 1.54) is 22.4 Å². The number of carbonyl (C=O) groups excluding carboxylic acids is 1. The fourth-order valence-electron chi connectivity index (χ4n) is 6.06. The number of fused-ring (bicyclic) bond motifs is 6. The molecule has 1 amide bonds. The predicted molar refractivity (Wildman–Crippen MR) is 144 cm³/mol. The molecular formula is C30H29F3N4O3. The molecule has 0 radical (unpaired) electrons. The van der Waals surface area contributed by atoms with E-state index in [4.69, 9.17) is 4.74 Å². The Labute approximate surface area is 228 Å². The van der Waals surface area contributed by atoms with Crippen molar-refractivity contribution >= 4 is 17.0 Å². The average molecular weight is 551 g/mol. The predicted octanol–water partition coefficient (Wildman–Crippen LogP) is 6.41. The third kappa shape index (κ3) is 4.35. The summed E-state index contributed by atoms with van der Waals surface area (Å²) in [6.07, 6.45) is 0.467. The van der Waals surface area contributed by atoms with E-state index in [0.717, 1.165) is 48.0 Å². The first kappa shape index (κ1) is 26.2. The van der Waals surface area contributed by atoms with E-state index >= 15 is 0 Å². The van der Waals surface area contributed by atoms with Gasteiger partial charge >= 0.3 is 12.3 Å². The van der Waals surface area contributed by atoms with Crippen molar-refractivity contribution in [3.05, 3.63) is 82.2 Å². The Kier molecular flexibility index (Phi) is 5.87. The summed E-state index contributed by atoms with van der Waals surface area (Å²) in [4.78, 5) is 31.6. The summed E-state index contributed by atoms with van der Waals surface area (Å²) in [5.41, 5.74) is 3.00. The van der Waals surface area contributed by atoms with Crippen molar-refractivity contribution in [2.75, 3.05) is 0 Å². The molecular weight excluding hydrogens is 521 g/mol. The van der Waals surface area contributed by atoms with Gasteiger partial charge in [0.2, 0.25) is 0 Å². The topological polar surface area (TPSA) is 69.4 Å². The smallest absolute Gasteiger partial charge is 0.433 e. The van der Waals surface area contributed by atoms with Crippen molar-refractivity contribution in [2.24, 2.45) is 7.05 Å². The van der Waals surface area contributed by atoms with Crippen molar-refractivity contribution in [3.8, 4) is 16.8 Å². The molecule has 10 heteroatoms. The highest BCUT2D eigenvalue weighted by Gasteiger charge is 2.46. The number of aromatic nitrogens is 3. The molecule has 0 aliphatic carbocycles. The zero-order valence-electron chi connectivity index (χ0n) is 22.6. The van der Waals surface area contributed by atoms with Gasteiger partial charge in [-0.1, -0.05) is 12.1 Å². The number of rotatable bonds is 2. The number of benzene rings is 1. The van der Waals surface area contributed by atoms with E-state index in [9.17, 15) is 22.8 Å². The summed E-state index contributed by atoms with van der Waals surface area (Å²) in [7, 11) is 2.01. The van der Waals surface area contributed by atoms with Gasteiger partial charge in [-0.3, -0.25) is 19.2 Å². The van der Waals surface area contributed by atoms with Gasteiger partial charge in [0.05, 0.1) is 17.2 Å². The Hall–Kier alpha value is -4.08. The minimum atomic E-state index is -4.52. The SMILES string of the molecule is Cn1c2c(c3ccc(-n4ccc(-c5ccc(C(F)(F)F)nc5)cc4=O)cc31)C1CCC(C2)N1C(=O)OC(C)(C)C. The van der Waals surface area contributed by atoms with Gasteiger partial charge in [0, 0.05) is 60.2 Å². The molecule has 3 aromatic heterocycles. The first-order valence-corrected chi connectivity index (χ1v) is 13.2. The van der Waals surface area contributed by atoms with E-state index in [1.807, 2.05) is 50.9 Å². The second kappa shape index (κ2) is 8.97. The van der Waals surface area contributed by atoms with Crippen molar-refractivity contribution in [1.29, 1.82) is 0 Å². The Morgan fingerprint density at radius 2 is 1.80 bits per heavy atom. The summed E-state index contributed by atoms with van der Waals surface area (Å²) in [6, 6.07) is 11.2. The number of hydrogen-bond acceptors (Lipinski definition) is 4. The Bertz CT molecular complexity index is 1700. The lowest BCUT2D eigenvalue weighted by Gasteiger charge is -2.36. The summed E-state index contributed by atoms with van der Waals surface area (Å²) in [6.45, 7) is 5.61. The second-order valence-corrected chi connectivity index (χ2v) is 11.5. The quantitative estimate of drug-likeness (QED) is 0.289. The molecule has 0 spiro atoms. The maximum Gasteiger partial charge on any atom is 0.433 e. The average Bonchev–Trinajstić information content (AvgIpc) is 3.35. The standard InChI is InChI=1S/C30H29F3N4O3/c1-29(2,3)40-28(39)37-20-7-9-22(37)27-21-8-6-19(14-23(21)35(4)24(27)15-20)36-12-11-17(13-26(36)38)18-5-10-25(34-16-18)30(31,32)33/h5-6,8,10-14,16,20,22H,7,9,15H2,1-4H3. The van der Waals surface area contributed by atoms with Gasteiger partial charge in [-0.15, -0.1) is 0 Å². The zero-order chi connectivity index (χ0) is 28.6. The van der Waals surface area contributed by atoms with Crippen molar-refractivity contribution in [1.82, 2.24) is 19.0 Å². The first-order valence-electron chi connectivity index (χ1n) is 13.2. The Morgan fingerprint density at radius 3 is 2.45 bits per heavy atom. The van der Waals surface area contributed by atoms with Crippen LogP contribution in [-0.4, -0.2) is 36.8 Å². The van der Waals surface area contributed by atoms with Crippen LogP contribution in [0.3, 0.4) is 0 Å². The van der Waals surface area contributed by atoms with E-state index < -0.39 is 17.5 Å². The molecule has 208 valence electrons. The van der Waals surface area contributed by atoms with Gasteiger partial charge in [-0.05, 0) is 63.4 Å². The van der Waals surface area contributed by atoms with Gasteiger partial charge in [0.25, 0.3) is 5.56 Å². The minimum Gasteiger partial charge on any atom is -0.444 e. The lowest BCUT2D eigenvalue weighted by atomic mass is 9.97. The lowest BCUT2D eigenvalue weighted by Crippen LogP contribution is -2.44. The molecule has 5 heterocycles. The van der Waals surface area contributed by atoms with Crippen molar-refractivity contribution < 1.29 is 22.7 Å². The maximum atomic E-state index is 13.1.